The highest BCUT2D eigenvalue weighted by molar-refractivity contribution is 5.97. The summed E-state index contributed by atoms with van der Waals surface area (Å²) in [7, 11) is 0. The SMILES string of the molecule is O=C(NCc1cccc(F)c1)C1Cn2cccc2C(=O)N1Cc1ccccc1. The summed E-state index contributed by atoms with van der Waals surface area (Å²) in [5, 5.41) is 2.84. The molecule has 1 aliphatic heterocycles. The number of nitrogens with zero attached hydrogens (tertiary/aromatic N) is 2. The van der Waals surface area contributed by atoms with Gasteiger partial charge in [-0.15, -0.1) is 0 Å². The molecule has 1 unspecified atom stereocenters. The summed E-state index contributed by atoms with van der Waals surface area (Å²) in [5.41, 5.74) is 2.20. The Bertz CT molecular complexity index is 1000. The van der Waals surface area contributed by atoms with Crippen molar-refractivity contribution >= 4 is 11.8 Å². The van der Waals surface area contributed by atoms with Crippen molar-refractivity contribution in [3.05, 3.63) is 95.6 Å². The third kappa shape index (κ3) is 3.67. The van der Waals surface area contributed by atoms with Crippen LogP contribution in [0.2, 0.25) is 0 Å². The molecule has 3 aromatic rings. The molecule has 1 aromatic heterocycles. The minimum absolute atomic E-state index is 0.175. The summed E-state index contributed by atoms with van der Waals surface area (Å²) < 4.78 is 15.2. The second-order valence-electron chi connectivity index (χ2n) is 6.83. The van der Waals surface area contributed by atoms with Crippen molar-refractivity contribution in [2.24, 2.45) is 0 Å². The van der Waals surface area contributed by atoms with Gasteiger partial charge in [-0.2, -0.15) is 0 Å². The lowest BCUT2D eigenvalue weighted by Gasteiger charge is -2.35. The Morgan fingerprint density at radius 3 is 2.61 bits per heavy atom. The predicted octanol–water partition coefficient (Wildman–Crippen LogP) is 2.97. The Kier molecular flexibility index (Phi) is 4.93. The normalized spacial score (nSPS) is 16.0. The maximum absolute atomic E-state index is 13.4. The van der Waals surface area contributed by atoms with Crippen molar-refractivity contribution < 1.29 is 14.0 Å². The summed E-state index contributed by atoms with van der Waals surface area (Å²) in [6.07, 6.45) is 1.81. The molecule has 0 saturated carbocycles. The molecule has 0 aliphatic carbocycles. The first-order valence-electron chi connectivity index (χ1n) is 9.14. The Morgan fingerprint density at radius 1 is 1.04 bits per heavy atom. The van der Waals surface area contributed by atoms with Crippen LogP contribution in [0.5, 0.6) is 0 Å². The second kappa shape index (κ2) is 7.68. The van der Waals surface area contributed by atoms with Gasteiger partial charge in [0, 0.05) is 19.3 Å². The number of hydrogen-bond acceptors (Lipinski definition) is 2. The van der Waals surface area contributed by atoms with Gasteiger partial charge < -0.3 is 14.8 Å². The molecule has 28 heavy (non-hydrogen) atoms. The van der Waals surface area contributed by atoms with Crippen molar-refractivity contribution in [2.45, 2.75) is 25.7 Å². The van der Waals surface area contributed by atoms with E-state index in [2.05, 4.69) is 5.32 Å². The predicted molar refractivity (Wildman–Crippen MR) is 103 cm³/mol. The third-order valence-corrected chi connectivity index (χ3v) is 4.91. The zero-order valence-corrected chi connectivity index (χ0v) is 15.2. The summed E-state index contributed by atoms with van der Waals surface area (Å²) in [6.45, 7) is 0.942. The molecule has 0 spiro atoms. The van der Waals surface area contributed by atoms with Gasteiger partial charge in [0.25, 0.3) is 5.91 Å². The lowest BCUT2D eigenvalue weighted by molar-refractivity contribution is -0.126. The highest BCUT2D eigenvalue weighted by Crippen LogP contribution is 2.21. The smallest absolute Gasteiger partial charge is 0.271 e. The van der Waals surface area contributed by atoms with E-state index in [4.69, 9.17) is 0 Å². The van der Waals surface area contributed by atoms with Crippen LogP contribution in [0.3, 0.4) is 0 Å². The fourth-order valence-electron chi connectivity index (χ4n) is 3.48. The number of carbonyl (C=O) groups excluding carboxylic acids is 2. The van der Waals surface area contributed by atoms with E-state index in [0.717, 1.165) is 5.56 Å². The van der Waals surface area contributed by atoms with Gasteiger partial charge in [0.05, 0.1) is 6.54 Å². The summed E-state index contributed by atoms with van der Waals surface area (Å²) in [6, 6.07) is 18.6. The van der Waals surface area contributed by atoms with E-state index < -0.39 is 6.04 Å². The van der Waals surface area contributed by atoms with Gasteiger partial charge in [-0.05, 0) is 35.4 Å². The maximum Gasteiger partial charge on any atom is 0.271 e. The number of carbonyl (C=O) groups is 2. The van der Waals surface area contributed by atoms with E-state index in [0.29, 0.717) is 24.3 Å². The van der Waals surface area contributed by atoms with Crippen molar-refractivity contribution in [3.8, 4) is 0 Å². The molecule has 4 rings (SSSR count). The number of benzene rings is 2. The molecule has 0 radical (unpaired) electrons. The molecule has 1 aliphatic rings. The average molecular weight is 377 g/mol. The first-order chi connectivity index (χ1) is 13.6. The fourth-order valence-corrected chi connectivity index (χ4v) is 3.48. The van der Waals surface area contributed by atoms with Gasteiger partial charge in [-0.1, -0.05) is 42.5 Å². The zero-order valence-electron chi connectivity index (χ0n) is 15.2. The maximum atomic E-state index is 13.4. The Morgan fingerprint density at radius 2 is 1.82 bits per heavy atom. The summed E-state index contributed by atoms with van der Waals surface area (Å²) in [4.78, 5) is 27.5. The molecule has 0 fully saturated rings. The zero-order chi connectivity index (χ0) is 19.5. The van der Waals surface area contributed by atoms with E-state index in [1.54, 1.807) is 39.9 Å². The lowest BCUT2D eigenvalue weighted by atomic mass is 10.1. The Balaban J connectivity index is 1.55. The molecule has 142 valence electrons. The number of aromatic nitrogens is 1. The van der Waals surface area contributed by atoms with Gasteiger partial charge in [0.1, 0.15) is 17.6 Å². The van der Waals surface area contributed by atoms with Crippen LogP contribution in [0.15, 0.2) is 72.9 Å². The molecular weight excluding hydrogens is 357 g/mol. The van der Waals surface area contributed by atoms with Crippen molar-refractivity contribution in [3.63, 3.8) is 0 Å². The van der Waals surface area contributed by atoms with Crippen molar-refractivity contribution in [1.82, 2.24) is 14.8 Å². The molecule has 6 heteroatoms. The number of fused-ring (bicyclic) bond motifs is 1. The Hall–Kier alpha value is -3.41. The van der Waals surface area contributed by atoms with Gasteiger partial charge in [-0.25, -0.2) is 4.39 Å². The molecular formula is C22H20FN3O2. The van der Waals surface area contributed by atoms with E-state index in [-0.39, 0.29) is 24.2 Å². The van der Waals surface area contributed by atoms with E-state index >= 15 is 0 Å². The lowest BCUT2D eigenvalue weighted by Crippen LogP contribution is -2.54. The number of nitrogens with one attached hydrogen (secondary N) is 1. The monoisotopic (exact) mass is 377 g/mol. The molecule has 2 amide bonds. The average Bonchev–Trinajstić information content (AvgIpc) is 3.18. The summed E-state index contributed by atoms with van der Waals surface area (Å²) >= 11 is 0. The quantitative estimate of drug-likeness (QED) is 0.743. The van der Waals surface area contributed by atoms with Gasteiger partial charge in [0.2, 0.25) is 5.91 Å². The highest BCUT2D eigenvalue weighted by atomic mass is 19.1. The number of amides is 2. The molecule has 0 saturated heterocycles. The van der Waals surface area contributed by atoms with Crippen molar-refractivity contribution in [2.75, 3.05) is 0 Å². The number of halogens is 1. The molecule has 5 nitrogen and oxygen atoms in total. The van der Waals surface area contributed by atoms with Crippen LogP contribution < -0.4 is 5.32 Å². The van der Waals surface area contributed by atoms with E-state index in [1.165, 1.54) is 12.1 Å². The van der Waals surface area contributed by atoms with Crippen LogP contribution in [-0.2, 0) is 24.4 Å². The largest absolute Gasteiger partial charge is 0.350 e. The van der Waals surface area contributed by atoms with Gasteiger partial charge in [0.15, 0.2) is 0 Å². The molecule has 0 bridgehead atoms. The minimum atomic E-state index is -0.638. The number of rotatable bonds is 5. The Labute approximate surface area is 162 Å². The second-order valence-corrected chi connectivity index (χ2v) is 6.83. The summed E-state index contributed by atoms with van der Waals surface area (Å²) in [5.74, 6) is -0.777. The third-order valence-electron chi connectivity index (χ3n) is 4.91. The molecule has 2 heterocycles. The van der Waals surface area contributed by atoms with Crippen LogP contribution in [0, 0.1) is 5.82 Å². The van der Waals surface area contributed by atoms with Crippen LogP contribution >= 0.6 is 0 Å². The first kappa shape index (κ1) is 18.0. The fraction of sp³-hybridized carbons (Fsp3) is 0.182. The van der Waals surface area contributed by atoms with Crippen molar-refractivity contribution in [1.29, 1.82) is 0 Å². The van der Waals surface area contributed by atoms with E-state index in [9.17, 15) is 14.0 Å². The van der Waals surface area contributed by atoms with Gasteiger partial charge in [-0.3, -0.25) is 9.59 Å². The van der Waals surface area contributed by atoms with Crippen LogP contribution in [0.4, 0.5) is 4.39 Å². The van der Waals surface area contributed by atoms with Crippen LogP contribution in [-0.4, -0.2) is 27.3 Å². The molecule has 1 N–H and O–H groups in total. The molecule has 2 aromatic carbocycles. The number of hydrogen-bond donors (Lipinski definition) is 1. The standard InChI is InChI=1S/C22H20FN3O2/c23-18-9-4-8-17(12-18)13-24-21(27)20-15-25-11-5-10-19(25)22(28)26(20)14-16-6-2-1-3-7-16/h1-12,20H,13-15H2,(H,24,27). The molecule has 1 atom stereocenters. The highest BCUT2D eigenvalue weighted by Gasteiger charge is 2.36. The first-order valence-corrected chi connectivity index (χ1v) is 9.14. The van der Waals surface area contributed by atoms with Crippen LogP contribution in [0.1, 0.15) is 21.6 Å². The minimum Gasteiger partial charge on any atom is -0.350 e. The van der Waals surface area contributed by atoms with Crippen LogP contribution in [0.25, 0.3) is 0 Å². The van der Waals surface area contributed by atoms with E-state index in [1.807, 2.05) is 30.3 Å². The van der Waals surface area contributed by atoms with Gasteiger partial charge >= 0.3 is 0 Å². The topological polar surface area (TPSA) is 54.3 Å².